The summed E-state index contributed by atoms with van der Waals surface area (Å²) in [5, 5.41) is 0. The first kappa shape index (κ1) is 28.6. The lowest BCUT2D eigenvalue weighted by Crippen LogP contribution is -2.32. The molecular weight excluding hydrogens is 555 g/mol. The molecule has 0 saturated carbocycles. The van der Waals surface area contributed by atoms with Crippen LogP contribution in [0.2, 0.25) is 0 Å². The van der Waals surface area contributed by atoms with Crippen LogP contribution >= 0.6 is 0 Å². The van der Waals surface area contributed by atoms with Gasteiger partial charge in [-0.15, -0.1) is 0 Å². The molecule has 37 heavy (non-hydrogen) atoms. The lowest BCUT2D eigenvalue weighted by molar-refractivity contribution is -0.138. The monoisotopic (exact) mass is 571 g/mol. The second kappa shape index (κ2) is 10.4. The summed E-state index contributed by atoms with van der Waals surface area (Å²) in [5.74, 6) is -0.735. The van der Waals surface area contributed by atoms with Gasteiger partial charge in [-0.3, -0.25) is 4.18 Å². The minimum Gasteiger partial charge on any atom is -0.264 e. The zero-order chi connectivity index (χ0) is 27.6. The maximum absolute atomic E-state index is 13.4. The molecule has 1 N–H and O–H groups in total. The second-order valence-electron chi connectivity index (χ2n) is 7.52. The molecule has 0 aliphatic heterocycles. The Balaban J connectivity index is 1.92. The molecule has 0 fully saturated rings. The molecule has 0 bridgehead atoms. The minimum absolute atomic E-state index is 0.0452. The summed E-state index contributed by atoms with van der Waals surface area (Å²) in [6.07, 6.45) is -9.72. The zero-order valence-electron chi connectivity index (χ0n) is 18.2. The van der Waals surface area contributed by atoms with Crippen LogP contribution in [-0.4, -0.2) is 23.4 Å². The smallest absolute Gasteiger partial charge is 0.264 e. The van der Waals surface area contributed by atoms with E-state index < -0.39 is 71.9 Å². The van der Waals surface area contributed by atoms with Gasteiger partial charge in [0.2, 0.25) is 10.0 Å². The highest BCUT2D eigenvalue weighted by Crippen LogP contribution is 2.32. The Kier molecular flexibility index (Phi) is 8.02. The Labute approximate surface area is 206 Å². The van der Waals surface area contributed by atoms with Crippen LogP contribution in [0.5, 0.6) is 0 Å². The normalized spacial score (nSPS) is 13.9. The molecule has 15 heteroatoms. The van der Waals surface area contributed by atoms with Gasteiger partial charge >= 0.3 is 12.4 Å². The second-order valence-corrected chi connectivity index (χ2v) is 10.8. The third-order valence-electron chi connectivity index (χ3n) is 4.88. The van der Waals surface area contributed by atoms with Gasteiger partial charge in [-0.1, -0.05) is 24.3 Å². The molecule has 0 saturated heterocycles. The van der Waals surface area contributed by atoms with Crippen molar-refractivity contribution in [1.29, 1.82) is 0 Å². The highest BCUT2D eigenvalue weighted by atomic mass is 32.2. The first-order valence-corrected chi connectivity index (χ1v) is 12.9. The van der Waals surface area contributed by atoms with Gasteiger partial charge in [0.15, 0.2) is 0 Å². The van der Waals surface area contributed by atoms with Crippen LogP contribution in [0.25, 0.3) is 0 Å². The van der Waals surface area contributed by atoms with Crippen molar-refractivity contribution in [3.8, 4) is 0 Å². The molecular formula is C22H16F7NO5S2. The van der Waals surface area contributed by atoms with Crippen molar-refractivity contribution in [1.82, 2.24) is 4.72 Å². The number of hydrogen-bond donors (Lipinski definition) is 1. The van der Waals surface area contributed by atoms with Crippen molar-refractivity contribution in [3.63, 3.8) is 0 Å². The first-order valence-electron chi connectivity index (χ1n) is 10.0. The molecule has 200 valence electrons. The van der Waals surface area contributed by atoms with Crippen LogP contribution < -0.4 is 4.72 Å². The van der Waals surface area contributed by atoms with E-state index in [4.69, 9.17) is 4.18 Å². The summed E-state index contributed by atoms with van der Waals surface area (Å²) in [5.41, 5.74) is -2.59. The van der Waals surface area contributed by atoms with E-state index in [1.807, 2.05) is 4.72 Å². The van der Waals surface area contributed by atoms with Crippen LogP contribution in [0.1, 0.15) is 22.7 Å². The number of alkyl halides is 6. The predicted octanol–water partition coefficient (Wildman–Crippen LogP) is 5.29. The number of halogens is 7. The first-order chi connectivity index (χ1) is 17.0. The van der Waals surface area contributed by atoms with Crippen molar-refractivity contribution >= 4 is 20.1 Å². The highest BCUT2D eigenvalue weighted by Gasteiger charge is 2.34. The number of sulfonamides is 1. The van der Waals surface area contributed by atoms with Gasteiger partial charge in [-0.2, -0.15) is 34.8 Å². The summed E-state index contributed by atoms with van der Waals surface area (Å²) >= 11 is 0. The molecule has 0 aliphatic carbocycles. The summed E-state index contributed by atoms with van der Waals surface area (Å²) in [6.45, 7) is -1.03. The van der Waals surface area contributed by atoms with Crippen LogP contribution in [-0.2, 0) is 36.7 Å². The summed E-state index contributed by atoms with van der Waals surface area (Å²) in [6, 6.07) is 7.63. The molecule has 0 amide bonds. The maximum atomic E-state index is 13.4. The van der Waals surface area contributed by atoms with Gasteiger partial charge in [-0.05, 0) is 54.1 Å². The SMILES string of the molecule is O=S(=O)(N[C@H](COS(=O)(=O)c1cccc(C(F)(F)F)c1)c1ccc(F)cc1)c1cccc(C(F)(F)F)c1. The van der Waals surface area contributed by atoms with E-state index in [-0.39, 0.29) is 5.56 Å². The van der Waals surface area contributed by atoms with Crippen LogP contribution in [0, 0.1) is 5.82 Å². The van der Waals surface area contributed by atoms with E-state index in [1.54, 1.807) is 0 Å². The fraction of sp³-hybridized carbons (Fsp3) is 0.182. The third-order valence-corrected chi connectivity index (χ3v) is 7.63. The molecule has 0 unspecified atom stereocenters. The number of rotatable bonds is 8. The summed E-state index contributed by atoms with van der Waals surface area (Å²) < 4.78 is 149. The number of nitrogens with one attached hydrogen (secondary N) is 1. The maximum Gasteiger partial charge on any atom is 0.416 e. The molecule has 6 nitrogen and oxygen atoms in total. The zero-order valence-corrected chi connectivity index (χ0v) is 19.8. The standard InChI is InChI=1S/C22H16F7NO5S2/c23-17-9-7-14(8-10-17)20(30-36(31,32)18-5-1-3-15(11-18)21(24,25)26)13-35-37(33,34)19-6-2-4-16(12-19)22(27,28)29/h1-12,20,30H,13H2/t20-/m1/s1. The van der Waals surface area contributed by atoms with Gasteiger partial charge in [0.05, 0.1) is 33.6 Å². The van der Waals surface area contributed by atoms with Gasteiger partial charge in [0.1, 0.15) is 5.82 Å². The average molecular weight is 571 g/mol. The molecule has 0 heterocycles. The Morgan fingerprint density at radius 2 is 1.22 bits per heavy atom. The van der Waals surface area contributed by atoms with Crippen LogP contribution in [0.3, 0.4) is 0 Å². The third kappa shape index (κ3) is 7.28. The van der Waals surface area contributed by atoms with Gasteiger partial charge in [-0.25, -0.2) is 17.5 Å². The van der Waals surface area contributed by atoms with E-state index in [2.05, 4.69) is 0 Å². The molecule has 0 spiro atoms. The van der Waals surface area contributed by atoms with E-state index >= 15 is 0 Å². The molecule has 3 aromatic carbocycles. The summed E-state index contributed by atoms with van der Waals surface area (Å²) in [4.78, 5) is -1.68. The number of hydrogen-bond acceptors (Lipinski definition) is 5. The van der Waals surface area contributed by atoms with Crippen molar-refractivity contribution in [2.75, 3.05) is 6.61 Å². The van der Waals surface area contributed by atoms with Crippen LogP contribution in [0.15, 0.2) is 82.6 Å². The van der Waals surface area contributed by atoms with Crippen molar-refractivity contribution < 1.29 is 51.8 Å². The lowest BCUT2D eigenvalue weighted by Gasteiger charge is -2.20. The molecule has 0 radical (unpaired) electrons. The number of benzene rings is 3. The van der Waals surface area contributed by atoms with Gasteiger partial charge in [0, 0.05) is 0 Å². The van der Waals surface area contributed by atoms with Gasteiger partial charge in [0.25, 0.3) is 10.1 Å². The molecule has 3 aromatic rings. The topological polar surface area (TPSA) is 89.5 Å². The lowest BCUT2D eigenvalue weighted by atomic mass is 10.1. The average Bonchev–Trinajstić information content (AvgIpc) is 2.81. The minimum atomic E-state index is -4.86. The quantitative estimate of drug-likeness (QED) is 0.293. The van der Waals surface area contributed by atoms with E-state index in [9.17, 15) is 47.6 Å². The summed E-state index contributed by atoms with van der Waals surface area (Å²) in [7, 11) is -9.58. The van der Waals surface area contributed by atoms with Crippen molar-refractivity contribution in [3.05, 3.63) is 95.3 Å². The Hall–Kier alpha value is -3.01. The molecule has 0 aliphatic rings. The van der Waals surface area contributed by atoms with E-state index in [0.717, 1.165) is 48.5 Å². The predicted molar refractivity (Wildman–Crippen MR) is 115 cm³/mol. The highest BCUT2D eigenvalue weighted by molar-refractivity contribution is 7.89. The largest absolute Gasteiger partial charge is 0.416 e. The Morgan fingerprint density at radius 3 is 1.73 bits per heavy atom. The Bertz CT molecular complexity index is 1470. The molecule has 3 rings (SSSR count). The van der Waals surface area contributed by atoms with Crippen molar-refractivity contribution in [2.24, 2.45) is 0 Å². The van der Waals surface area contributed by atoms with Gasteiger partial charge < -0.3 is 0 Å². The Morgan fingerprint density at radius 1 is 0.730 bits per heavy atom. The fourth-order valence-electron chi connectivity index (χ4n) is 3.04. The van der Waals surface area contributed by atoms with E-state index in [1.165, 1.54) is 0 Å². The molecule has 0 aromatic heterocycles. The van der Waals surface area contributed by atoms with Crippen molar-refractivity contribution in [2.45, 2.75) is 28.2 Å². The van der Waals surface area contributed by atoms with E-state index in [0.29, 0.717) is 24.3 Å². The fourth-order valence-corrected chi connectivity index (χ4v) is 5.26. The molecule has 1 atom stereocenters. The van der Waals surface area contributed by atoms with Crippen LogP contribution in [0.4, 0.5) is 30.7 Å².